The molecule has 21 heavy (non-hydrogen) atoms. The quantitative estimate of drug-likeness (QED) is 0.736. The predicted molar refractivity (Wildman–Crippen MR) is 76.7 cm³/mol. The van der Waals surface area contributed by atoms with Gasteiger partial charge in [0, 0.05) is 19.7 Å². The van der Waals surface area contributed by atoms with E-state index in [1.54, 1.807) is 10.6 Å². The summed E-state index contributed by atoms with van der Waals surface area (Å²) in [6.45, 7) is 6.35. The number of nitrogens with zero attached hydrogens (tertiary/aromatic N) is 3. The maximum Gasteiger partial charge on any atom is 0.430 e. The Morgan fingerprint density at radius 3 is 2.76 bits per heavy atom. The van der Waals surface area contributed by atoms with Gasteiger partial charge in [0.25, 0.3) is 11.7 Å². The van der Waals surface area contributed by atoms with E-state index >= 15 is 0 Å². The Morgan fingerprint density at radius 2 is 2.19 bits per heavy atom. The topological polar surface area (TPSA) is 79.9 Å². The minimum atomic E-state index is -0.429. The van der Waals surface area contributed by atoms with Gasteiger partial charge in [-0.05, 0) is 24.9 Å². The number of aromatic nitrogens is 2. The SMILES string of the molecule is C=CCn1c(Cl)nc2c1C(=O)N(CCCO)C(=O)[NH+]2CC. The molecule has 0 spiro atoms. The normalized spacial score (nSPS) is 18.0. The van der Waals surface area contributed by atoms with Crippen LogP contribution < -0.4 is 4.90 Å². The number of allylic oxidation sites excluding steroid dienone is 1. The molecule has 1 atom stereocenters. The Balaban J connectivity index is 2.52. The average Bonchev–Trinajstić information content (AvgIpc) is 2.77. The lowest BCUT2D eigenvalue weighted by molar-refractivity contribution is -0.748. The Kier molecular flexibility index (Phi) is 4.76. The molecule has 0 aliphatic carbocycles. The third kappa shape index (κ3) is 2.59. The van der Waals surface area contributed by atoms with Crippen molar-refractivity contribution in [3.63, 3.8) is 0 Å². The van der Waals surface area contributed by atoms with Crippen LogP contribution in [0.25, 0.3) is 0 Å². The fourth-order valence-electron chi connectivity index (χ4n) is 2.38. The van der Waals surface area contributed by atoms with Gasteiger partial charge in [0.1, 0.15) is 0 Å². The third-order valence-electron chi connectivity index (χ3n) is 3.36. The van der Waals surface area contributed by atoms with Crippen molar-refractivity contribution in [1.29, 1.82) is 0 Å². The molecule has 7 nitrogen and oxygen atoms in total. The van der Waals surface area contributed by atoms with Crippen molar-refractivity contribution in [3.8, 4) is 0 Å². The molecule has 0 saturated carbocycles. The van der Waals surface area contributed by atoms with Crippen LogP contribution in [0.5, 0.6) is 0 Å². The summed E-state index contributed by atoms with van der Waals surface area (Å²) in [6.07, 6.45) is 1.95. The van der Waals surface area contributed by atoms with E-state index < -0.39 is 5.91 Å². The lowest BCUT2D eigenvalue weighted by atomic mass is 10.2. The standard InChI is InChI=1S/C13H17ClN4O3/c1-3-6-17-9-10(15-12(17)14)16(4-2)13(21)18(11(9)20)7-5-8-19/h3,19H,1,4-8H2,2H3/p+1. The summed E-state index contributed by atoms with van der Waals surface area (Å²) in [7, 11) is 0. The van der Waals surface area contributed by atoms with Crippen LogP contribution in [0.15, 0.2) is 12.7 Å². The third-order valence-corrected chi connectivity index (χ3v) is 3.65. The number of carbonyl (C=O) groups excluding carboxylic acids is 2. The number of aliphatic hydroxyl groups is 1. The number of halogens is 1. The van der Waals surface area contributed by atoms with Crippen molar-refractivity contribution >= 4 is 29.4 Å². The van der Waals surface area contributed by atoms with Gasteiger partial charge in [0.05, 0.1) is 6.54 Å². The first-order valence-corrected chi connectivity index (χ1v) is 7.14. The highest BCUT2D eigenvalue weighted by Crippen LogP contribution is 2.23. The predicted octanol–water partition coefficient (Wildman–Crippen LogP) is 0.217. The Labute approximate surface area is 127 Å². The zero-order valence-electron chi connectivity index (χ0n) is 11.8. The van der Waals surface area contributed by atoms with Gasteiger partial charge in [-0.3, -0.25) is 4.79 Å². The number of nitrogens with one attached hydrogen (secondary N) is 1. The second-order valence-corrected chi connectivity index (χ2v) is 4.99. The van der Waals surface area contributed by atoms with E-state index in [4.69, 9.17) is 16.7 Å². The lowest BCUT2D eigenvalue weighted by Crippen LogP contribution is -3.13. The smallest absolute Gasteiger partial charge is 0.396 e. The second kappa shape index (κ2) is 6.38. The van der Waals surface area contributed by atoms with Crippen LogP contribution in [0.4, 0.5) is 10.6 Å². The number of rotatable bonds is 6. The first-order chi connectivity index (χ1) is 10.1. The number of urea groups is 1. The van der Waals surface area contributed by atoms with E-state index in [1.165, 1.54) is 0 Å². The minimum absolute atomic E-state index is 0.0853. The van der Waals surface area contributed by atoms with E-state index in [0.29, 0.717) is 35.9 Å². The van der Waals surface area contributed by atoms with Crippen LogP contribution >= 0.6 is 11.6 Å². The van der Waals surface area contributed by atoms with Crippen molar-refractivity contribution < 1.29 is 19.6 Å². The molecule has 1 aliphatic heterocycles. The van der Waals surface area contributed by atoms with Gasteiger partial charge in [-0.2, -0.15) is 4.98 Å². The van der Waals surface area contributed by atoms with Gasteiger partial charge in [0.2, 0.25) is 5.28 Å². The van der Waals surface area contributed by atoms with Crippen LogP contribution in [0.2, 0.25) is 5.28 Å². The fraction of sp³-hybridized carbons (Fsp3) is 0.462. The fourth-order valence-corrected chi connectivity index (χ4v) is 2.62. The van der Waals surface area contributed by atoms with Crippen molar-refractivity contribution in [2.75, 3.05) is 19.7 Å². The molecule has 0 aromatic carbocycles. The molecule has 1 aromatic rings. The average molecular weight is 314 g/mol. The number of hydrogen-bond acceptors (Lipinski definition) is 4. The molecular formula is C13H18ClN4O3+. The van der Waals surface area contributed by atoms with Crippen molar-refractivity contribution in [1.82, 2.24) is 14.5 Å². The molecule has 2 rings (SSSR count). The Morgan fingerprint density at radius 1 is 1.48 bits per heavy atom. The Hall–Kier alpha value is -1.70. The number of quaternary nitrogens is 1. The highest BCUT2D eigenvalue weighted by atomic mass is 35.5. The van der Waals surface area contributed by atoms with Gasteiger partial charge in [0.15, 0.2) is 5.69 Å². The minimum Gasteiger partial charge on any atom is -0.396 e. The van der Waals surface area contributed by atoms with Crippen molar-refractivity contribution in [3.05, 3.63) is 23.6 Å². The highest BCUT2D eigenvalue weighted by molar-refractivity contribution is 6.29. The summed E-state index contributed by atoms with van der Waals surface area (Å²) < 4.78 is 1.54. The number of imidazole rings is 1. The van der Waals surface area contributed by atoms with Gasteiger partial charge >= 0.3 is 6.03 Å². The first kappa shape index (κ1) is 15.7. The largest absolute Gasteiger partial charge is 0.430 e. The number of fused-ring (bicyclic) bond motifs is 1. The van der Waals surface area contributed by atoms with Gasteiger partial charge in [-0.1, -0.05) is 6.08 Å². The molecule has 0 saturated heterocycles. The van der Waals surface area contributed by atoms with Crippen LogP contribution in [-0.2, 0) is 6.54 Å². The van der Waals surface area contributed by atoms with Gasteiger partial charge in [-0.25, -0.2) is 14.6 Å². The van der Waals surface area contributed by atoms with E-state index in [9.17, 15) is 9.59 Å². The van der Waals surface area contributed by atoms with Gasteiger partial charge < -0.3 is 9.67 Å². The maximum absolute atomic E-state index is 12.6. The maximum atomic E-state index is 12.6. The molecule has 2 heterocycles. The number of aliphatic hydroxyl groups excluding tert-OH is 1. The molecular weight excluding hydrogens is 296 g/mol. The molecule has 2 N–H and O–H groups in total. The monoisotopic (exact) mass is 313 g/mol. The summed E-state index contributed by atoms with van der Waals surface area (Å²) in [4.78, 5) is 30.7. The number of carbonyl (C=O) groups is 2. The number of amides is 3. The molecule has 0 fully saturated rings. The van der Waals surface area contributed by atoms with Crippen molar-refractivity contribution in [2.24, 2.45) is 0 Å². The van der Waals surface area contributed by atoms with Crippen molar-refractivity contribution in [2.45, 2.75) is 19.9 Å². The zero-order chi connectivity index (χ0) is 15.6. The lowest BCUT2D eigenvalue weighted by Gasteiger charge is -2.27. The van der Waals surface area contributed by atoms with E-state index in [2.05, 4.69) is 11.6 Å². The summed E-state index contributed by atoms with van der Waals surface area (Å²) in [5.41, 5.74) is 0.314. The highest BCUT2D eigenvalue weighted by Gasteiger charge is 2.45. The van der Waals surface area contributed by atoms with E-state index in [-0.39, 0.29) is 24.5 Å². The molecule has 3 amide bonds. The Bertz CT molecular complexity index is 584. The molecule has 0 radical (unpaired) electrons. The molecule has 1 aliphatic rings. The second-order valence-electron chi connectivity index (χ2n) is 4.65. The van der Waals surface area contributed by atoms with E-state index in [1.807, 2.05) is 6.92 Å². The first-order valence-electron chi connectivity index (χ1n) is 6.76. The molecule has 114 valence electrons. The number of hydrogen-bond donors (Lipinski definition) is 2. The molecule has 8 heteroatoms. The molecule has 0 bridgehead atoms. The molecule has 1 unspecified atom stereocenters. The summed E-state index contributed by atoms with van der Waals surface area (Å²) in [6, 6.07) is -0.358. The van der Waals surface area contributed by atoms with E-state index in [0.717, 1.165) is 4.90 Å². The summed E-state index contributed by atoms with van der Waals surface area (Å²) >= 11 is 6.07. The van der Waals surface area contributed by atoms with Crippen LogP contribution in [0.3, 0.4) is 0 Å². The van der Waals surface area contributed by atoms with Crippen LogP contribution in [0, 0.1) is 0 Å². The van der Waals surface area contributed by atoms with Crippen LogP contribution in [-0.4, -0.2) is 51.2 Å². The summed E-state index contributed by atoms with van der Waals surface area (Å²) in [5.74, 6) is -0.0681. The summed E-state index contributed by atoms with van der Waals surface area (Å²) in [5, 5.41) is 9.09. The molecule has 1 aromatic heterocycles. The number of imide groups is 1. The van der Waals surface area contributed by atoms with Gasteiger partial charge in [-0.15, -0.1) is 6.58 Å². The zero-order valence-corrected chi connectivity index (χ0v) is 12.6. The van der Waals surface area contributed by atoms with Crippen LogP contribution in [0.1, 0.15) is 23.8 Å².